The van der Waals surface area contributed by atoms with Gasteiger partial charge < -0.3 is 15.4 Å². The Balaban J connectivity index is 1.36. The summed E-state index contributed by atoms with van der Waals surface area (Å²) < 4.78 is 5.16. The number of fused-ring (bicyclic) bond motifs is 1. The second-order valence-electron chi connectivity index (χ2n) is 6.85. The number of carbonyl (C=O) groups is 1. The van der Waals surface area contributed by atoms with Crippen molar-refractivity contribution in [1.82, 2.24) is 10.6 Å². The third-order valence-electron chi connectivity index (χ3n) is 5.28. The first-order valence-electron chi connectivity index (χ1n) is 8.93. The second-order valence-corrected chi connectivity index (χ2v) is 6.85. The Morgan fingerprint density at radius 2 is 2.04 bits per heavy atom. The number of hydrogen-bond donors (Lipinski definition) is 2. The summed E-state index contributed by atoms with van der Waals surface area (Å²) >= 11 is 0. The van der Waals surface area contributed by atoms with E-state index in [9.17, 15) is 4.79 Å². The molecule has 1 amide bonds. The number of hydrogen-bond acceptors (Lipinski definition) is 3. The molecule has 1 aliphatic carbocycles. The van der Waals surface area contributed by atoms with Crippen LogP contribution in [0.25, 0.3) is 0 Å². The predicted octanol–water partition coefficient (Wildman–Crippen LogP) is 2.66. The fourth-order valence-electron chi connectivity index (χ4n) is 3.94. The SMILES string of the molecule is COc1ccc(CCCNC(=O)C2CC3CCCCC3N2)cc1. The molecule has 0 radical (unpaired) electrons. The molecule has 1 aromatic carbocycles. The Morgan fingerprint density at radius 1 is 1.26 bits per heavy atom. The van der Waals surface area contributed by atoms with Gasteiger partial charge in [0.15, 0.2) is 0 Å². The molecule has 2 N–H and O–H groups in total. The van der Waals surface area contributed by atoms with Gasteiger partial charge >= 0.3 is 0 Å². The van der Waals surface area contributed by atoms with Gasteiger partial charge in [0, 0.05) is 12.6 Å². The van der Waals surface area contributed by atoms with Gasteiger partial charge in [0.25, 0.3) is 0 Å². The maximum atomic E-state index is 12.3. The van der Waals surface area contributed by atoms with Crippen LogP contribution < -0.4 is 15.4 Å². The molecule has 0 bridgehead atoms. The fourth-order valence-corrected chi connectivity index (χ4v) is 3.94. The van der Waals surface area contributed by atoms with Crippen LogP contribution in [0.2, 0.25) is 0 Å². The molecule has 1 aromatic rings. The third kappa shape index (κ3) is 4.25. The molecule has 1 saturated heterocycles. The summed E-state index contributed by atoms with van der Waals surface area (Å²) in [6.07, 6.45) is 8.15. The number of benzene rings is 1. The lowest BCUT2D eigenvalue weighted by molar-refractivity contribution is -0.122. The van der Waals surface area contributed by atoms with Gasteiger partial charge in [0.05, 0.1) is 13.2 Å². The molecule has 2 aliphatic rings. The largest absolute Gasteiger partial charge is 0.497 e. The third-order valence-corrected chi connectivity index (χ3v) is 5.28. The average Bonchev–Trinajstić information content (AvgIpc) is 3.03. The van der Waals surface area contributed by atoms with E-state index < -0.39 is 0 Å². The van der Waals surface area contributed by atoms with Crippen LogP contribution in [0.1, 0.15) is 44.1 Å². The Kier molecular flexibility index (Phi) is 5.55. The Morgan fingerprint density at radius 3 is 2.78 bits per heavy atom. The molecule has 4 nitrogen and oxygen atoms in total. The molecule has 4 heteroatoms. The topological polar surface area (TPSA) is 50.4 Å². The van der Waals surface area contributed by atoms with Crippen LogP contribution in [0.3, 0.4) is 0 Å². The lowest BCUT2D eigenvalue weighted by atomic mass is 9.85. The summed E-state index contributed by atoms with van der Waals surface area (Å²) in [7, 11) is 1.68. The minimum Gasteiger partial charge on any atom is -0.497 e. The summed E-state index contributed by atoms with van der Waals surface area (Å²) in [5.74, 6) is 1.80. The van der Waals surface area contributed by atoms with E-state index in [0.29, 0.717) is 6.04 Å². The van der Waals surface area contributed by atoms with Gasteiger partial charge in [-0.05, 0) is 55.7 Å². The first kappa shape index (κ1) is 16.3. The Labute approximate surface area is 139 Å². The summed E-state index contributed by atoms with van der Waals surface area (Å²) in [6.45, 7) is 0.748. The smallest absolute Gasteiger partial charge is 0.237 e. The maximum absolute atomic E-state index is 12.3. The average molecular weight is 316 g/mol. The molecule has 126 valence electrons. The van der Waals surface area contributed by atoms with Crippen LogP contribution in [0, 0.1) is 5.92 Å². The molecule has 3 rings (SSSR count). The Hall–Kier alpha value is -1.55. The number of nitrogens with one attached hydrogen (secondary N) is 2. The van der Waals surface area contributed by atoms with Crippen LogP contribution in [-0.4, -0.2) is 31.6 Å². The van der Waals surface area contributed by atoms with Gasteiger partial charge in [-0.3, -0.25) is 4.79 Å². The van der Waals surface area contributed by atoms with Gasteiger partial charge in [0.2, 0.25) is 5.91 Å². The van der Waals surface area contributed by atoms with E-state index >= 15 is 0 Å². The number of aryl methyl sites for hydroxylation is 1. The molecule has 3 unspecified atom stereocenters. The zero-order valence-electron chi connectivity index (χ0n) is 14.0. The summed E-state index contributed by atoms with van der Waals surface area (Å²) in [4.78, 5) is 12.3. The van der Waals surface area contributed by atoms with Crippen molar-refractivity contribution in [2.75, 3.05) is 13.7 Å². The van der Waals surface area contributed by atoms with Crippen molar-refractivity contribution >= 4 is 5.91 Å². The van der Waals surface area contributed by atoms with Crippen LogP contribution in [-0.2, 0) is 11.2 Å². The van der Waals surface area contributed by atoms with Crippen LogP contribution >= 0.6 is 0 Å². The molecular weight excluding hydrogens is 288 g/mol. The van der Waals surface area contributed by atoms with Crippen molar-refractivity contribution in [3.05, 3.63) is 29.8 Å². The van der Waals surface area contributed by atoms with Gasteiger partial charge in [-0.25, -0.2) is 0 Å². The van der Waals surface area contributed by atoms with E-state index in [2.05, 4.69) is 22.8 Å². The zero-order chi connectivity index (χ0) is 16.1. The molecule has 1 saturated carbocycles. The number of methoxy groups -OCH3 is 1. The summed E-state index contributed by atoms with van der Waals surface area (Å²) in [5.41, 5.74) is 1.28. The van der Waals surface area contributed by atoms with Crippen LogP contribution in [0.15, 0.2) is 24.3 Å². The highest BCUT2D eigenvalue weighted by molar-refractivity contribution is 5.82. The standard InChI is InChI=1S/C19H28N2O2/c1-23-16-10-8-14(9-11-16)5-4-12-20-19(22)18-13-15-6-2-3-7-17(15)21-18/h8-11,15,17-18,21H,2-7,12-13H2,1H3,(H,20,22). The molecule has 3 atom stereocenters. The van der Waals surface area contributed by atoms with E-state index in [1.54, 1.807) is 7.11 Å². The van der Waals surface area contributed by atoms with E-state index in [0.717, 1.165) is 37.5 Å². The normalized spacial score (nSPS) is 26.6. The van der Waals surface area contributed by atoms with Gasteiger partial charge in [-0.1, -0.05) is 25.0 Å². The number of ether oxygens (including phenoxy) is 1. The number of amides is 1. The van der Waals surface area contributed by atoms with E-state index in [4.69, 9.17) is 4.74 Å². The molecule has 23 heavy (non-hydrogen) atoms. The number of rotatable bonds is 6. The zero-order valence-corrected chi connectivity index (χ0v) is 14.0. The second kappa shape index (κ2) is 7.82. The highest BCUT2D eigenvalue weighted by atomic mass is 16.5. The molecule has 1 heterocycles. The highest BCUT2D eigenvalue weighted by Gasteiger charge is 2.37. The molecule has 0 spiro atoms. The van der Waals surface area contributed by atoms with Gasteiger partial charge in [-0.2, -0.15) is 0 Å². The molecular formula is C19H28N2O2. The van der Waals surface area contributed by atoms with Crippen LogP contribution in [0.4, 0.5) is 0 Å². The maximum Gasteiger partial charge on any atom is 0.237 e. The van der Waals surface area contributed by atoms with Crippen LogP contribution in [0.5, 0.6) is 5.75 Å². The van der Waals surface area contributed by atoms with Crippen molar-refractivity contribution in [1.29, 1.82) is 0 Å². The molecule has 1 aliphatic heterocycles. The predicted molar refractivity (Wildman–Crippen MR) is 91.6 cm³/mol. The van der Waals surface area contributed by atoms with E-state index in [1.807, 2.05) is 12.1 Å². The summed E-state index contributed by atoms with van der Waals surface area (Å²) in [6, 6.07) is 8.76. The monoisotopic (exact) mass is 316 g/mol. The number of carbonyl (C=O) groups excluding carboxylic acids is 1. The first-order valence-corrected chi connectivity index (χ1v) is 8.93. The lowest BCUT2D eigenvalue weighted by Crippen LogP contribution is -2.43. The van der Waals surface area contributed by atoms with Crippen molar-refractivity contribution in [3.63, 3.8) is 0 Å². The lowest BCUT2D eigenvalue weighted by Gasteiger charge is -2.24. The van der Waals surface area contributed by atoms with Crippen molar-refractivity contribution in [2.45, 2.75) is 57.0 Å². The molecule has 2 fully saturated rings. The fraction of sp³-hybridized carbons (Fsp3) is 0.632. The quantitative estimate of drug-likeness (QED) is 0.793. The first-order chi connectivity index (χ1) is 11.3. The molecule has 0 aromatic heterocycles. The van der Waals surface area contributed by atoms with E-state index in [1.165, 1.54) is 31.2 Å². The van der Waals surface area contributed by atoms with Gasteiger partial charge in [-0.15, -0.1) is 0 Å². The van der Waals surface area contributed by atoms with Crippen molar-refractivity contribution in [2.24, 2.45) is 5.92 Å². The minimum absolute atomic E-state index is 0.0316. The van der Waals surface area contributed by atoms with Crippen molar-refractivity contribution < 1.29 is 9.53 Å². The Bertz CT molecular complexity index is 501. The van der Waals surface area contributed by atoms with E-state index in [-0.39, 0.29) is 11.9 Å². The van der Waals surface area contributed by atoms with Crippen molar-refractivity contribution in [3.8, 4) is 5.75 Å². The minimum atomic E-state index is 0.0316. The van der Waals surface area contributed by atoms with Gasteiger partial charge in [0.1, 0.15) is 5.75 Å². The highest BCUT2D eigenvalue weighted by Crippen LogP contribution is 2.33. The summed E-state index contributed by atoms with van der Waals surface area (Å²) in [5, 5.41) is 6.64.